The van der Waals surface area contributed by atoms with Crippen molar-refractivity contribution in [3.8, 4) is 12.3 Å². The van der Waals surface area contributed by atoms with Gasteiger partial charge in [-0.05, 0) is 26.3 Å². The van der Waals surface area contributed by atoms with Crippen LogP contribution in [0.5, 0.6) is 0 Å². The molecule has 78 valence electrons. The first kappa shape index (κ1) is 13.8. The van der Waals surface area contributed by atoms with E-state index in [1.807, 2.05) is 52.0 Å². The molecule has 0 saturated carbocycles. The third kappa shape index (κ3) is 4.74. The highest BCUT2D eigenvalue weighted by molar-refractivity contribution is 6.12. The Balaban J connectivity index is 4.90. The van der Waals surface area contributed by atoms with Crippen LogP contribution in [0.1, 0.15) is 27.7 Å². The van der Waals surface area contributed by atoms with E-state index in [-0.39, 0.29) is 11.7 Å². The van der Waals surface area contributed by atoms with Gasteiger partial charge >= 0.3 is 0 Å². The fourth-order valence-electron chi connectivity index (χ4n) is 1.28. The lowest BCUT2D eigenvalue weighted by atomic mass is 9.86. The summed E-state index contributed by atoms with van der Waals surface area (Å²) < 4.78 is 0. The second kappa shape index (κ2) is 7.18. The van der Waals surface area contributed by atoms with Crippen molar-refractivity contribution in [2.75, 3.05) is 0 Å². The predicted molar refractivity (Wildman–Crippen MR) is 69.8 cm³/mol. The van der Waals surface area contributed by atoms with E-state index < -0.39 is 0 Å². The highest BCUT2D eigenvalue weighted by Crippen LogP contribution is 2.21. The molecule has 0 aromatic carbocycles. The average molecular weight is 198 g/mol. The lowest BCUT2D eigenvalue weighted by Gasteiger charge is -2.12. The number of terminal acetylenes is 1. The molecule has 0 aliphatic rings. The lowest BCUT2D eigenvalue weighted by molar-refractivity contribution is 0.945. The van der Waals surface area contributed by atoms with Crippen LogP contribution >= 0.6 is 0 Å². The van der Waals surface area contributed by atoms with Crippen LogP contribution in [0, 0.1) is 18.3 Å². The van der Waals surface area contributed by atoms with Crippen LogP contribution in [0.3, 0.4) is 0 Å². The van der Waals surface area contributed by atoms with Gasteiger partial charge in [-0.1, -0.05) is 48.5 Å². The van der Waals surface area contributed by atoms with Gasteiger partial charge in [-0.25, -0.2) is 0 Å². The number of hydrogen-bond donors (Lipinski definition) is 0. The Bertz CT molecular complexity index is 311. The summed E-state index contributed by atoms with van der Waals surface area (Å²) in [5.41, 5.74) is 2.32. The molecular weight excluding hydrogens is 179 g/mol. The summed E-state index contributed by atoms with van der Waals surface area (Å²) >= 11 is 0. The molecule has 2 atom stereocenters. The van der Waals surface area contributed by atoms with Crippen molar-refractivity contribution < 1.29 is 0 Å². The predicted octanol–water partition coefficient (Wildman–Crippen LogP) is 3.68. The van der Waals surface area contributed by atoms with Crippen LogP contribution in [-0.4, -0.2) is 7.85 Å². The molecule has 0 bridgehead atoms. The molecule has 15 heavy (non-hydrogen) atoms. The van der Waals surface area contributed by atoms with E-state index in [0.717, 1.165) is 5.57 Å². The second-order valence-corrected chi connectivity index (χ2v) is 3.64. The van der Waals surface area contributed by atoms with Crippen LogP contribution in [-0.2, 0) is 0 Å². The summed E-state index contributed by atoms with van der Waals surface area (Å²) in [6.07, 6.45) is 13.6. The van der Waals surface area contributed by atoms with Crippen molar-refractivity contribution >= 4 is 7.85 Å². The minimum atomic E-state index is 0.0595. The summed E-state index contributed by atoms with van der Waals surface area (Å²) in [7, 11) is 5.67. The van der Waals surface area contributed by atoms with Gasteiger partial charge in [0.05, 0.1) is 13.8 Å². The molecule has 0 amide bonds. The van der Waals surface area contributed by atoms with E-state index in [2.05, 4.69) is 5.92 Å². The third-order valence-electron chi connectivity index (χ3n) is 2.34. The molecule has 2 unspecified atom stereocenters. The topological polar surface area (TPSA) is 0 Å². The number of rotatable bonds is 4. The first-order valence-electron chi connectivity index (χ1n) is 5.25. The summed E-state index contributed by atoms with van der Waals surface area (Å²) in [5.74, 6) is 2.92. The Hall–Kier alpha value is -1.16. The highest BCUT2D eigenvalue weighted by Gasteiger charge is 2.09. The van der Waals surface area contributed by atoms with Crippen LogP contribution in [0.4, 0.5) is 0 Å². The zero-order valence-corrected chi connectivity index (χ0v) is 10.1. The van der Waals surface area contributed by atoms with Gasteiger partial charge in [0.25, 0.3) is 0 Å². The zero-order valence-electron chi connectivity index (χ0n) is 10.1. The molecule has 0 fully saturated rings. The van der Waals surface area contributed by atoms with Gasteiger partial charge in [-0.3, -0.25) is 0 Å². The first-order chi connectivity index (χ1) is 7.06. The normalized spacial score (nSPS) is 17.5. The lowest BCUT2D eigenvalue weighted by Crippen LogP contribution is -2.01. The SMILES string of the molecule is [B]C(C)/C=C\C(=C/C)C(C#C)/C(C)=C\C. The van der Waals surface area contributed by atoms with E-state index in [9.17, 15) is 0 Å². The van der Waals surface area contributed by atoms with Crippen molar-refractivity contribution in [1.82, 2.24) is 0 Å². The highest BCUT2D eigenvalue weighted by atomic mass is 14.1. The maximum absolute atomic E-state index is 5.67. The van der Waals surface area contributed by atoms with Crippen LogP contribution in [0.2, 0.25) is 5.82 Å². The molecule has 0 aliphatic carbocycles. The largest absolute Gasteiger partial charge is 0.119 e. The first-order valence-corrected chi connectivity index (χ1v) is 5.25. The van der Waals surface area contributed by atoms with E-state index in [4.69, 9.17) is 14.3 Å². The molecule has 0 rings (SSSR count). The van der Waals surface area contributed by atoms with Gasteiger partial charge < -0.3 is 0 Å². The summed E-state index contributed by atoms with van der Waals surface area (Å²) in [6.45, 7) is 7.99. The minimum Gasteiger partial charge on any atom is -0.119 e. The zero-order chi connectivity index (χ0) is 11.8. The fourth-order valence-corrected chi connectivity index (χ4v) is 1.28. The van der Waals surface area contributed by atoms with Crippen LogP contribution < -0.4 is 0 Å². The fraction of sp³-hybridized carbons (Fsp3) is 0.429. The van der Waals surface area contributed by atoms with Crippen molar-refractivity contribution in [3.63, 3.8) is 0 Å². The minimum absolute atomic E-state index is 0.0595. The molecule has 0 heterocycles. The van der Waals surface area contributed by atoms with Crippen molar-refractivity contribution in [3.05, 3.63) is 35.5 Å². The molecule has 2 radical (unpaired) electrons. The third-order valence-corrected chi connectivity index (χ3v) is 2.34. The van der Waals surface area contributed by atoms with Gasteiger partial charge in [0.1, 0.15) is 0 Å². The Labute approximate surface area is 95.6 Å². The second-order valence-electron chi connectivity index (χ2n) is 3.64. The van der Waals surface area contributed by atoms with Crippen molar-refractivity contribution in [2.45, 2.75) is 33.5 Å². The maximum Gasteiger partial charge on any atom is 0.0751 e. The quantitative estimate of drug-likeness (QED) is 0.280. The molecule has 0 aromatic rings. The Morgan fingerprint density at radius 1 is 1.33 bits per heavy atom. The summed E-state index contributed by atoms with van der Waals surface area (Å²) in [6, 6.07) is 0. The standard InChI is InChI=1S/C14H19B/c1-6-11(4)14(8-3)13(7-2)10-9-12(5)15/h3,6-7,9-10,12,14H,1-2,4-5H3/b10-9-,11-6-,13-7+. The van der Waals surface area contributed by atoms with Crippen LogP contribution in [0.15, 0.2) is 35.5 Å². The number of allylic oxidation sites excluding steroid dienone is 6. The molecule has 0 nitrogen and oxygen atoms in total. The van der Waals surface area contributed by atoms with E-state index in [0.29, 0.717) is 0 Å². The van der Waals surface area contributed by atoms with Gasteiger partial charge in [0.2, 0.25) is 0 Å². The van der Waals surface area contributed by atoms with E-state index in [1.165, 1.54) is 5.57 Å². The van der Waals surface area contributed by atoms with Crippen LogP contribution in [0.25, 0.3) is 0 Å². The molecule has 0 saturated heterocycles. The van der Waals surface area contributed by atoms with Gasteiger partial charge in [0.15, 0.2) is 0 Å². The molecule has 0 aliphatic heterocycles. The maximum atomic E-state index is 5.67. The van der Waals surface area contributed by atoms with Gasteiger partial charge in [0, 0.05) is 0 Å². The molecule has 1 heteroatoms. The van der Waals surface area contributed by atoms with Gasteiger partial charge in [-0.15, -0.1) is 6.42 Å². The van der Waals surface area contributed by atoms with E-state index in [1.54, 1.807) is 0 Å². The molecule has 0 aromatic heterocycles. The molecule has 0 spiro atoms. The average Bonchev–Trinajstić information content (AvgIpc) is 2.22. The summed E-state index contributed by atoms with van der Waals surface area (Å²) in [4.78, 5) is 0. The van der Waals surface area contributed by atoms with Crippen molar-refractivity contribution in [1.29, 1.82) is 0 Å². The Kier molecular flexibility index (Phi) is 6.63. The smallest absolute Gasteiger partial charge is 0.0751 e. The van der Waals surface area contributed by atoms with Crippen molar-refractivity contribution in [2.24, 2.45) is 5.92 Å². The Morgan fingerprint density at radius 3 is 2.27 bits per heavy atom. The number of hydrogen-bond acceptors (Lipinski definition) is 0. The summed E-state index contributed by atoms with van der Waals surface area (Å²) in [5, 5.41) is 0. The monoisotopic (exact) mass is 198 g/mol. The van der Waals surface area contributed by atoms with Gasteiger partial charge in [-0.2, -0.15) is 0 Å². The van der Waals surface area contributed by atoms with E-state index >= 15 is 0 Å². The molecule has 0 N–H and O–H groups in total. The Morgan fingerprint density at radius 2 is 1.93 bits per heavy atom. The molecular formula is C14H19B.